The normalized spacial score (nSPS) is 25.0. The summed E-state index contributed by atoms with van der Waals surface area (Å²) in [5, 5.41) is 16.2. The minimum Gasteiger partial charge on any atom is -0.504 e. The zero-order valence-electron chi connectivity index (χ0n) is 36.4. The minimum atomic E-state index is -1.42. The average Bonchev–Trinajstić information content (AvgIpc) is 3.49. The van der Waals surface area contributed by atoms with E-state index in [1.165, 1.54) is 0 Å². The van der Waals surface area contributed by atoms with Gasteiger partial charge in [-0.15, -0.1) is 0 Å². The summed E-state index contributed by atoms with van der Waals surface area (Å²) in [7, 11) is 1.94. The maximum absolute atomic E-state index is 14.3. The lowest BCUT2D eigenvalue weighted by Crippen LogP contribution is -2.78. The van der Waals surface area contributed by atoms with Gasteiger partial charge in [-0.1, -0.05) is 32.8 Å². The van der Waals surface area contributed by atoms with Crippen molar-refractivity contribution in [2.45, 2.75) is 172 Å². The highest BCUT2D eigenvalue weighted by Crippen LogP contribution is 2.67. The molecule has 60 heavy (non-hydrogen) atoms. The van der Waals surface area contributed by atoms with Gasteiger partial charge in [0.15, 0.2) is 11.5 Å². The van der Waals surface area contributed by atoms with Gasteiger partial charge in [0.05, 0.1) is 37.5 Å². The Morgan fingerprint density at radius 3 is 1.93 bits per heavy atom. The van der Waals surface area contributed by atoms with Gasteiger partial charge in [-0.25, -0.2) is 19.2 Å². The maximum atomic E-state index is 14.3. The summed E-state index contributed by atoms with van der Waals surface area (Å²) < 4.78 is 41.0. The number of esters is 4. The summed E-state index contributed by atoms with van der Waals surface area (Å²) in [4.78, 5) is 82.4. The first-order valence-corrected chi connectivity index (χ1v) is 21.1. The van der Waals surface area contributed by atoms with Crippen molar-refractivity contribution >= 4 is 36.1 Å². The SMILES string of the molecule is CCCCOC(=O)[C@H](CC(=O)OC1CC[C@@]2(OC(=O)C[C@H](NC(=O)OC(C)(C)C)C(=O)OCCCC)[C@H]3Cc4ccc(O)c5c4[C@@]2(CCN3C)[C@H]1O5)NC(=O)OC(C)(C)C. The molecule has 2 aliphatic carbocycles. The second-order valence-corrected chi connectivity index (χ2v) is 18.2. The van der Waals surface area contributed by atoms with Crippen LogP contribution in [0.2, 0.25) is 0 Å². The molecule has 334 valence electrons. The first-order valence-electron chi connectivity index (χ1n) is 21.1. The van der Waals surface area contributed by atoms with Gasteiger partial charge < -0.3 is 48.9 Å². The number of carbonyl (C=O) groups excluding carboxylic acids is 6. The van der Waals surface area contributed by atoms with Crippen molar-refractivity contribution in [2.75, 3.05) is 26.8 Å². The van der Waals surface area contributed by atoms with Crippen LogP contribution in [-0.4, -0.2) is 120 Å². The number of alkyl carbamates (subject to hydrolysis) is 2. The van der Waals surface area contributed by atoms with Crippen molar-refractivity contribution in [1.29, 1.82) is 0 Å². The molecule has 1 aromatic carbocycles. The van der Waals surface area contributed by atoms with Crippen molar-refractivity contribution in [3.8, 4) is 11.5 Å². The third-order valence-electron chi connectivity index (χ3n) is 11.4. The van der Waals surface area contributed by atoms with Gasteiger partial charge in [0.2, 0.25) is 0 Å². The number of likely N-dealkylation sites (N-methyl/N-ethyl adjacent to an activating group) is 1. The molecule has 0 radical (unpaired) electrons. The molecule has 4 aliphatic rings. The van der Waals surface area contributed by atoms with Gasteiger partial charge >= 0.3 is 36.1 Å². The van der Waals surface area contributed by atoms with Crippen LogP contribution in [0.5, 0.6) is 11.5 Å². The number of aromatic hydroxyl groups is 1. The van der Waals surface area contributed by atoms with Gasteiger partial charge in [0.25, 0.3) is 0 Å². The summed E-state index contributed by atoms with van der Waals surface area (Å²) in [5.74, 6) is -3.17. The zero-order valence-corrected chi connectivity index (χ0v) is 36.4. The number of hydrogen-bond donors (Lipinski definition) is 3. The fourth-order valence-electron chi connectivity index (χ4n) is 8.92. The Kier molecular flexibility index (Phi) is 14.2. The Labute approximate surface area is 351 Å². The van der Waals surface area contributed by atoms with Crippen LogP contribution in [0.4, 0.5) is 9.59 Å². The second-order valence-electron chi connectivity index (χ2n) is 18.2. The highest BCUT2D eigenvalue weighted by Gasteiger charge is 2.75. The van der Waals surface area contributed by atoms with Gasteiger partial charge in [-0.2, -0.15) is 0 Å². The lowest BCUT2D eigenvalue weighted by molar-refractivity contribution is -0.232. The van der Waals surface area contributed by atoms with Crippen LogP contribution in [0.1, 0.15) is 124 Å². The van der Waals surface area contributed by atoms with E-state index in [1.54, 1.807) is 47.6 Å². The average molecular weight is 846 g/mol. The van der Waals surface area contributed by atoms with Crippen LogP contribution >= 0.6 is 0 Å². The van der Waals surface area contributed by atoms with Crippen molar-refractivity contribution in [3.05, 3.63) is 23.3 Å². The van der Waals surface area contributed by atoms with E-state index in [-0.39, 0.29) is 37.6 Å². The van der Waals surface area contributed by atoms with Gasteiger partial charge in [-0.05, 0) is 105 Å². The Bertz CT molecular complexity index is 1790. The molecule has 1 unspecified atom stereocenters. The molecule has 2 amide bonds. The van der Waals surface area contributed by atoms with Crippen molar-refractivity contribution in [2.24, 2.45) is 0 Å². The van der Waals surface area contributed by atoms with Crippen LogP contribution in [0.3, 0.4) is 0 Å². The fourth-order valence-corrected chi connectivity index (χ4v) is 8.92. The summed E-state index contributed by atoms with van der Waals surface area (Å²) in [6, 6.07) is 0.137. The number of amides is 2. The zero-order chi connectivity index (χ0) is 44.2. The number of piperidine rings is 1. The summed E-state index contributed by atoms with van der Waals surface area (Å²) in [6.45, 7) is 14.6. The molecular weight excluding hydrogens is 782 g/mol. The number of carbonyl (C=O) groups is 6. The van der Waals surface area contributed by atoms with E-state index in [4.69, 9.17) is 33.2 Å². The van der Waals surface area contributed by atoms with Crippen molar-refractivity contribution < 1.29 is 67.0 Å². The third-order valence-corrected chi connectivity index (χ3v) is 11.4. The molecule has 7 atom stereocenters. The number of phenolic OH excluding ortho intramolecular Hbond substituents is 1. The number of unbranched alkanes of at least 4 members (excludes halogenated alkanes) is 2. The molecule has 5 rings (SSSR count). The van der Waals surface area contributed by atoms with Crippen molar-refractivity contribution in [1.82, 2.24) is 15.5 Å². The summed E-state index contributed by atoms with van der Waals surface area (Å²) >= 11 is 0. The number of nitrogens with one attached hydrogen (secondary N) is 2. The number of nitrogens with zero attached hydrogens (tertiary/aromatic N) is 1. The minimum absolute atomic E-state index is 0.0935. The molecule has 1 saturated heterocycles. The molecule has 1 aromatic rings. The molecule has 0 aromatic heterocycles. The number of phenols is 1. The molecular formula is C43H63N3O14. The van der Waals surface area contributed by atoms with Crippen LogP contribution in [0.25, 0.3) is 0 Å². The molecule has 2 heterocycles. The molecule has 1 saturated carbocycles. The smallest absolute Gasteiger partial charge is 0.408 e. The monoisotopic (exact) mass is 845 g/mol. The van der Waals surface area contributed by atoms with E-state index in [1.807, 2.05) is 27.0 Å². The molecule has 17 heteroatoms. The fraction of sp³-hybridized carbons (Fsp3) is 0.721. The Balaban J connectivity index is 1.45. The standard InChI is InChI=1S/C43H63N3O14/c1-10-12-20-54-36(50)26(44-38(52)59-40(3,4)5)23-31(48)56-29-16-17-43(58-32(49)24-27(37(51)55-21-13-11-2)45-39(53)60-41(6,7)8)30-22-25-14-15-28(47)34-33(25)42(43,35(29)57-34)18-19-46(30)9/h14-15,26-27,29-30,35,47H,10-13,16-24H2,1-9H3,(H,44,52)(H,45,53)/t26-,27-,29?,30+,35-,42-,43+/m0/s1. The molecule has 2 fully saturated rings. The van der Waals surface area contributed by atoms with E-state index in [2.05, 4.69) is 15.5 Å². The predicted octanol–water partition coefficient (Wildman–Crippen LogP) is 4.89. The number of rotatable bonds is 16. The Morgan fingerprint density at radius 2 is 1.40 bits per heavy atom. The van der Waals surface area contributed by atoms with Crippen molar-refractivity contribution in [3.63, 3.8) is 0 Å². The first kappa shape index (κ1) is 46.3. The lowest BCUT2D eigenvalue weighted by Gasteiger charge is -2.64. The predicted molar refractivity (Wildman–Crippen MR) is 214 cm³/mol. The summed E-state index contributed by atoms with van der Waals surface area (Å²) in [6.07, 6.45) is -1.04. The summed E-state index contributed by atoms with van der Waals surface area (Å²) in [5.41, 5.74) is -2.65. The number of ether oxygens (including phenoxy) is 7. The molecule has 3 N–H and O–H groups in total. The van der Waals surface area contributed by atoms with E-state index < -0.39 is 101 Å². The van der Waals surface area contributed by atoms with E-state index in [9.17, 15) is 33.9 Å². The van der Waals surface area contributed by atoms with Crippen LogP contribution < -0.4 is 15.4 Å². The van der Waals surface area contributed by atoms with Crippen LogP contribution in [0.15, 0.2) is 12.1 Å². The Morgan fingerprint density at radius 1 is 0.850 bits per heavy atom. The van der Waals surface area contributed by atoms with Gasteiger partial charge in [-0.3, -0.25) is 14.5 Å². The largest absolute Gasteiger partial charge is 0.504 e. The Hall–Kier alpha value is -4.80. The van der Waals surface area contributed by atoms with E-state index in [0.717, 1.165) is 18.4 Å². The van der Waals surface area contributed by atoms with Gasteiger partial charge in [0, 0.05) is 5.56 Å². The van der Waals surface area contributed by atoms with E-state index >= 15 is 0 Å². The molecule has 2 bridgehead atoms. The van der Waals surface area contributed by atoms with Crippen LogP contribution in [-0.2, 0) is 59.4 Å². The number of benzene rings is 1. The van der Waals surface area contributed by atoms with Crippen LogP contribution in [0, 0.1) is 0 Å². The highest BCUT2D eigenvalue weighted by atomic mass is 16.6. The molecule has 2 aliphatic heterocycles. The molecule has 1 spiro atoms. The first-order chi connectivity index (χ1) is 28.1. The lowest BCUT2D eigenvalue weighted by atomic mass is 9.48. The highest BCUT2D eigenvalue weighted by molar-refractivity contribution is 5.87. The van der Waals surface area contributed by atoms with Gasteiger partial charge in [0.1, 0.15) is 41.1 Å². The quantitative estimate of drug-likeness (QED) is 0.115. The number of likely N-dealkylation sites (tertiary alicyclic amines) is 1. The maximum Gasteiger partial charge on any atom is 0.408 e. The number of hydrogen-bond acceptors (Lipinski definition) is 15. The van der Waals surface area contributed by atoms with E-state index in [0.29, 0.717) is 37.8 Å². The second kappa shape index (κ2) is 18.4. The third kappa shape index (κ3) is 10.0. The topological polar surface area (TPSA) is 215 Å². The molecule has 17 nitrogen and oxygen atoms in total.